The maximum atomic E-state index is 15.1. The lowest BCUT2D eigenvalue weighted by Gasteiger charge is -2.29. The topological polar surface area (TPSA) is 81.0 Å². The third-order valence-electron chi connectivity index (χ3n) is 7.31. The van der Waals surface area contributed by atoms with Gasteiger partial charge in [-0.25, -0.2) is 28.7 Å². The normalized spacial score (nSPS) is 17.8. The van der Waals surface area contributed by atoms with Gasteiger partial charge in [0.05, 0.1) is 17.9 Å². The third-order valence-corrected chi connectivity index (χ3v) is 7.31. The first-order chi connectivity index (χ1) is 17.8. The number of anilines is 2. The largest absolute Gasteiger partial charge is 0.489 e. The highest BCUT2D eigenvalue weighted by Crippen LogP contribution is 2.38. The number of hydrogen-bond donors (Lipinski definition) is 1. The SMILES string of the molecule is CN1CCC(Oc2ccc(Nc3ncc(F)c(-c4cc(F)c5nc6n(c5c4)C(C)(C)CC6)n3)nc2)CC1. The van der Waals surface area contributed by atoms with E-state index < -0.39 is 11.6 Å². The lowest BCUT2D eigenvalue weighted by atomic mass is 10.0. The van der Waals surface area contributed by atoms with Crippen LogP contribution in [0.5, 0.6) is 5.75 Å². The van der Waals surface area contributed by atoms with E-state index in [4.69, 9.17) is 4.74 Å². The van der Waals surface area contributed by atoms with Gasteiger partial charge in [-0.15, -0.1) is 0 Å². The summed E-state index contributed by atoms with van der Waals surface area (Å²) in [7, 11) is 2.11. The molecule has 8 nitrogen and oxygen atoms in total. The van der Waals surface area contributed by atoms with Gasteiger partial charge >= 0.3 is 0 Å². The molecule has 192 valence electrons. The number of ether oxygens (including phenoxy) is 1. The Morgan fingerprint density at radius 2 is 1.84 bits per heavy atom. The number of piperidine rings is 1. The second-order valence-corrected chi connectivity index (χ2v) is 10.5. The summed E-state index contributed by atoms with van der Waals surface area (Å²) >= 11 is 0. The molecule has 0 bridgehead atoms. The fourth-order valence-electron chi connectivity index (χ4n) is 5.26. The van der Waals surface area contributed by atoms with Crippen LogP contribution < -0.4 is 10.1 Å². The Kier molecular flexibility index (Phi) is 5.78. The molecule has 1 saturated heterocycles. The highest BCUT2D eigenvalue weighted by atomic mass is 19.1. The van der Waals surface area contributed by atoms with Crippen molar-refractivity contribution in [2.45, 2.75) is 51.2 Å². The van der Waals surface area contributed by atoms with Gasteiger partial charge in [-0.2, -0.15) is 0 Å². The van der Waals surface area contributed by atoms with Crippen LogP contribution in [0.25, 0.3) is 22.3 Å². The molecule has 37 heavy (non-hydrogen) atoms. The summed E-state index contributed by atoms with van der Waals surface area (Å²) in [5.74, 6) is 1.05. The Labute approximate surface area is 213 Å². The summed E-state index contributed by atoms with van der Waals surface area (Å²) in [6, 6.07) is 6.63. The average molecular weight is 506 g/mol. The number of aromatic nitrogens is 5. The maximum Gasteiger partial charge on any atom is 0.229 e. The monoisotopic (exact) mass is 505 g/mol. The number of hydrogen-bond acceptors (Lipinski definition) is 7. The van der Waals surface area contributed by atoms with E-state index >= 15 is 4.39 Å². The van der Waals surface area contributed by atoms with E-state index in [0.29, 0.717) is 28.2 Å². The molecule has 6 rings (SSSR count). The number of benzene rings is 1. The maximum absolute atomic E-state index is 15.1. The van der Waals surface area contributed by atoms with E-state index in [1.807, 2.05) is 10.6 Å². The van der Waals surface area contributed by atoms with Crippen LogP contribution >= 0.6 is 0 Å². The zero-order chi connectivity index (χ0) is 25.7. The minimum Gasteiger partial charge on any atom is -0.489 e. The first-order valence-electron chi connectivity index (χ1n) is 12.6. The summed E-state index contributed by atoms with van der Waals surface area (Å²) in [5, 5.41) is 3.01. The van der Waals surface area contributed by atoms with E-state index in [2.05, 4.69) is 51.0 Å². The van der Waals surface area contributed by atoms with Crippen molar-refractivity contribution in [3.8, 4) is 17.0 Å². The summed E-state index contributed by atoms with van der Waals surface area (Å²) in [6.45, 7) is 6.22. The number of pyridine rings is 1. The second kappa shape index (κ2) is 9.02. The summed E-state index contributed by atoms with van der Waals surface area (Å²) < 4.78 is 38.0. The van der Waals surface area contributed by atoms with Crippen molar-refractivity contribution >= 4 is 22.8 Å². The third kappa shape index (κ3) is 4.50. The van der Waals surface area contributed by atoms with Gasteiger partial charge in [0, 0.05) is 30.6 Å². The van der Waals surface area contributed by atoms with Gasteiger partial charge in [-0.1, -0.05) is 0 Å². The molecule has 2 aliphatic rings. The first-order valence-corrected chi connectivity index (χ1v) is 12.6. The predicted molar refractivity (Wildman–Crippen MR) is 137 cm³/mol. The zero-order valence-corrected chi connectivity index (χ0v) is 21.1. The van der Waals surface area contributed by atoms with Crippen LogP contribution in [0.2, 0.25) is 0 Å². The Hall–Kier alpha value is -3.66. The molecular formula is C27H29F2N7O. The van der Waals surface area contributed by atoms with Gasteiger partial charge in [0.15, 0.2) is 11.6 Å². The number of halogens is 2. The molecule has 0 atom stereocenters. The van der Waals surface area contributed by atoms with Gasteiger partial charge < -0.3 is 19.5 Å². The van der Waals surface area contributed by atoms with Crippen molar-refractivity contribution in [2.24, 2.45) is 0 Å². The molecule has 0 radical (unpaired) electrons. The first kappa shape index (κ1) is 23.7. The number of aryl methyl sites for hydroxylation is 1. The van der Waals surface area contributed by atoms with Crippen molar-refractivity contribution in [1.29, 1.82) is 0 Å². The fraction of sp³-hybridized carbons (Fsp3) is 0.407. The lowest BCUT2D eigenvalue weighted by molar-refractivity contribution is 0.114. The van der Waals surface area contributed by atoms with Gasteiger partial charge in [0.2, 0.25) is 5.95 Å². The molecule has 1 N–H and O–H groups in total. The van der Waals surface area contributed by atoms with E-state index in [9.17, 15) is 4.39 Å². The molecular weight excluding hydrogens is 476 g/mol. The molecule has 0 saturated carbocycles. The van der Waals surface area contributed by atoms with Crippen molar-refractivity contribution in [3.63, 3.8) is 0 Å². The second-order valence-electron chi connectivity index (χ2n) is 10.5. The van der Waals surface area contributed by atoms with Crippen molar-refractivity contribution in [2.75, 3.05) is 25.5 Å². The molecule has 0 amide bonds. The molecule has 0 unspecified atom stereocenters. The molecule has 3 aromatic heterocycles. The van der Waals surface area contributed by atoms with E-state index in [1.165, 1.54) is 6.07 Å². The van der Waals surface area contributed by atoms with Crippen LogP contribution in [-0.4, -0.2) is 55.6 Å². The van der Waals surface area contributed by atoms with E-state index in [-0.39, 0.29) is 23.3 Å². The zero-order valence-electron chi connectivity index (χ0n) is 21.1. The lowest BCUT2D eigenvalue weighted by Crippen LogP contribution is -2.35. The van der Waals surface area contributed by atoms with Crippen molar-refractivity contribution in [3.05, 3.63) is 54.1 Å². The van der Waals surface area contributed by atoms with E-state index in [0.717, 1.165) is 50.8 Å². The quantitative estimate of drug-likeness (QED) is 0.406. The van der Waals surface area contributed by atoms with Crippen molar-refractivity contribution < 1.29 is 13.5 Å². The fourth-order valence-corrected chi connectivity index (χ4v) is 5.26. The molecule has 1 fully saturated rings. The summed E-state index contributed by atoms with van der Waals surface area (Å²) in [4.78, 5) is 19.6. The number of nitrogens with zero attached hydrogens (tertiary/aromatic N) is 6. The van der Waals surface area contributed by atoms with Crippen LogP contribution in [-0.2, 0) is 12.0 Å². The van der Waals surface area contributed by atoms with Crippen LogP contribution in [0, 0.1) is 11.6 Å². The highest BCUT2D eigenvalue weighted by Gasteiger charge is 2.33. The smallest absolute Gasteiger partial charge is 0.229 e. The number of fused-ring (bicyclic) bond motifs is 3. The molecule has 2 aliphatic heterocycles. The Balaban J connectivity index is 1.25. The standard InChI is InChI=1S/C27H29F2N7O/c1-27(2)9-6-23-33-25-19(28)12-16(13-21(25)36(23)27)24-20(29)15-31-26(34-24)32-22-5-4-18(14-30-22)37-17-7-10-35(3)11-8-17/h4-5,12-15,17H,6-11H2,1-3H3,(H,30,31,32,34). The Bertz CT molecular complexity index is 1460. The number of imidazole rings is 1. The molecule has 1 aromatic carbocycles. The average Bonchev–Trinajstić information content (AvgIpc) is 3.40. The Morgan fingerprint density at radius 1 is 1.03 bits per heavy atom. The van der Waals surface area contributed by atoms with Gasteiger partial charge in [0.1, 0.15) is 34.7 Å². The van der Waals surface area contributed by atoms with Crippen LogP contribution in [0.4, 0.5) is 20.5 Å². The van der Waals surface area contributed by atoms with Gasteiger partial charge in [-0.3, -0.25) is 0 Å². The molecule has 10 heteroatoms. The minimum absolute atomic E-state index is 0.00636. The van der Waals surface area contributed by atoms with Gasteiger partial charge in [0.25, 0.3) is 0 Å². The van der Waals surface area contributed by atoms with E-state index in [1.54, 1.807) is 18.3 Å². The summed E-state index contributed by atoms with van der Waals surface area (Å²) in [6.07, 6.45) is 6.57. The predicted octanol–water partition coefficient (Wildman–Crippen LogP) is 5.06. The molecule has 5 heterocycles. The minimum atomic E-state index is -0.639. The van der Waals surface area contributed by atoms with Crippen LogP contribution in [0.15, 0.2) is 36.7 Å². The number of nitrogens with one attached hydrogen (secondary N) is 1. The Morgan fingerprint density at radius 3 is 2.59 bits per heavy atom. The molecule has 4 aromatic rings. The van der Waals surface area contributed by atoms with Crippen molar-refractivity contribution in [1.82, 2.24) is 29.4 Å². The number of rotatable bonds is 5. The van der Waals surface area contributed by atoms with Crippen LogP contribution in [0.3, 0.4) is 0 Å². The molecule has 0 spiro atoms. The van der Waals surface area contributed by atoms with Crippen LogP contribution in [0.1, 0.15) is 38.9 Å². The molecule has 0 aliphatic carbocycles. The number of likely N-dealkylation sites (tertiary alicyclic amines) is 1. The summed E-state index contributed by atoms with van der Waals surface area (Å²) in [5.41, 5.74) is 1.08. The van der Waals surface area contributed by atoms with Gasteiger partial charge in [-0.05, 0) is 64.4 Å². The highest BCUT2D eigenvalue weighted by molar-refractivity contribution is 5.83.